The molecular formula is C17H19NO5. The summed E-state index contributed by atoms with van der Waals surface area (Å²) in [6.07, 6.45) is 0.880. The highest BCUT2D eigenvalue weighted by Gasteiger charge is 2.15. The van der Waals surface area contributed by atoms with Crippen LogP contribution in [0.3, 0.4) is 0 Å². The van der Waals surface area contributed by atoms with E-state index in [9.17, 15) is 9.59 Å². The van der Waals surface area contributed by atoms with E-state index in [1.807, 2.05) is 0 Å². The molecule has 1 heterocycles. The number of rotatable bonds is 7. The lowest BCUT2D eigenvalue weighted by molar-refractivity contribution is -0.127. The van der Waals surface area contributed by atoms with Crippen molar-refractivity contribution in [1.82, 2.24) is 5.32 Å². The summed E-state index contributed by atoms with van der Waals surface area (Å²) in [5, 5.41) is 2.72. The number of carbonyl (C=O) groups excluding carboxylic acids is 2. The number of nitrogens with one attached hydrogen (secondary N) is 1. The highest BCUT2D eigenvalue weighted by Crippen LogP contribution is 2.15. The highest BCUT2D eigenvalue weighted by molar-refractivity contribution is 5.89. The fourth-order valence-corrected chi connectivity index (χ4v) is 1.87. The van der Waals surface area contributed by atoms with Gasteiger partial charge in [0.25, 0.3) is 5.91 Å². The number of hydrogen-bond acceptors (Lipinski definition) is 5. The van der Waals surface area contributed by atoms with E-state index in [0.717, 1.165) is 0 Å². The molecule has 0 saturated carbocycles. The van der Waals surface area contributed by atoms with Crippen molar-refractivity contribution in [3.63, 3.8) is 0 Å². The number of furan rings is 1. The lowest BCUT2D eigenvalue weighted by Gasteiger charge is -2.14. The van der Waals surface area contributed by atoms with Crippen LogP contribution in [0.1, 0.15) is 30.0 Å². The van der Waals surface area contributed by atoms with E-state index in [-0.39, 0.29) is 11.9 Å². The Kier molecular flexibility index (Phi) is 5.80. The Morgan fingerprint density at radius 2 is 1.96 bits per heavy atom. The molecule has 0 aliphatic rings. The Balaban J connectivity index is 1.85. The molecule has 6 nitrogen and oxygen atoms in total. The molecule has 0 fully saturated rings. The summed E-state index contributed by atoms with van der Waals surface area (Å²) in [6.45, 7) is 4.03. The van der Waals surface area contributed by atoms with E-state index in [4.69, 9.17) is 13.9 Å². The summed E-state index contributed by atoms with van der Waals surface area (Å²) in [7, 11) is 0. The molecule has 0 aliphatic heterocycles. The van der Waals surface area contributed by atoms with Crippen molar-refractivity contribution in [3.8, 4) is 5.75 Å². The fraction of sp³-hybridized carbons (Fsp3) is 0.294. The highest BCUT2D eigenvalue weighted by atomic mass is 16.5. The predicted octanol–water partition coefficient (Wildman–Crippen LogP) is 2.54. The third-order valence-corrected chi connectivity index (χ3v) is 3.06. The second-order valence-electron chi connectivity index (χ2n) is 4.80. The number of amides is 1. The van der Waals surface area contributed by atoms with Crippen molar-refractivity contribution < 1.29 is 23.5 Å². The van der Waals surface area contributed by atoms with E-state index >= 15 is 0 Å². The van der Waals surface area contributed by atoms with E-state index < -0.39 is 6.10 Å². The molecule has 0 saturated heterocycles. The van der Waals surface area contributed by atoms with Gasteiger partial charge in [-0.25, -0.2) is 4.79 Å². The second-order valence-corrected chi connectivity index (χ2v) is 4.80. The summed E-state index contributed by atoms with van der Waals surface area (Å²) in [5.41, 5.74) is 0.439. The van der Waals surface area contributed by atoms with Crippen LogP contribution in [-0.2, 0) is 16.1 Å². The van der Waals surface area contributed by atoms with Crippen molar-refractivity contribution >= 4 is 11.9 Å². The molecule has 1 aromatic heterocycles. The van der Waals surface area contributed by atoms with Gasteiger partial charge in [-0.3, -0.25) is 4.79 Å². The molecule has 2 aromatic rings. The van der Waals surface area contributed by atoms with Crippen LogP contribution in [0.4, 0.5) is 0 Å². The van der Waals surface area contributed by atoms with Crippen molar-refractivity contribution in [2.45, 2.75) is 26.5 Å². The summed E-state index contributed by atoms with van der Waals surface area (Å²) >= 11 is 0. The van der Waals surface area contributed by atoms with Crippen LogP contribution in [0.25, 0.3) is 0 Å². The molecule has 1 aromatic carbocycles. The minimum Gasteiger partial charge on any atom is -0.481 e. The molecule has 23 heavy (non-hydrogen) atoms. The van der Waals surface area contributed by atoms with Gasteiger partial charge in [0.1, 0.15) is 11.5 Å². The monoisotopic (exact) mass is 317 g/mol. The Morgan fingerprint density at radius 3 is 2.57 bits per heavy atom. The van der Waals surface area contributed by atoms with Gasteiger partial charge in [-0.15, -0.1) is 0 Å². The predicted molar refractivity (Wildman–Crippen MR) is 83.0 cm³/mol. The molecule has 2 rings (SSSR count). The number of ether oxygens (including phenoxy) is 2. The largest absolute Gasteiger partial charge is 0.481 e. The van der Waals surface area contributed by atoms with Crippen molar-refractivity contribution in [2.75, 3.05) is 6.61 Å². The third-order valence-electron chi connectivity index (χ3n) is 3.06. The van der Waals surface area contributed by atoms with E-state index in [0.29, 0.717) is 30.2 Å². The molecule has 6 heteroatoms. The van der Waals surface area contributed by atoms with E-state index in [1.54, 1.807) is 56.5 Å². The zero-order valence-corrected chi connectivity index (χ0v) is 13.1. The second kappa shape index (κ2) is 8.03. The van der Waals surface area contributed by atoms with Crippen molar-refractivity contribution in [2.24, 2.45) is 0 Å². The van der Waals surface area contributed by atoms with E-state index in [1.165, 1.54) is 0 Å². The molecule has 1 N–H and O–H groups in total. The first-order valence-electron chi connectivity index (χ1n) is 7.34. The van der Waals surface area contributed by atoms with Gasteiger partial charge in [-0.1, -0.05) is 0 Å². The van der Waals surface area contributed by atoms with Gasteiger partial charge in [0.05, 0.1) is 25.0 Å². The van der Waals surface area contributed by atoms with Crippen LogP contribution in [0, 0.1) is 0 Å². The normalized spacial score (nSPS) is 11.6. The Bertz CT molecular complexity index is 634. The standard InChI is InChI=1S/C17H19NO5/c1-3-21-17(20)13-6-8-14(9-7-13)23-12(2)16(19)18-11-15-5-4-10-22-15/h4-10,12H,3,11H2,1-2H3,(H,18,19)/t12-/m1/s1. The minimum atomic E-state index is -0.668. The van der Waals surface area contributed by atoms with Crippen LogP contribution in [0.2, 0.25) is 0 Å². The molecule has 1 amide bonds. The average Bonchev–Trinajstić information content (AvgIpc) is 3.07. The lowest BCUT2D eigenvalue weighted by atomic mass is 10.2. The zero-order chi connectivity index (χ0) is 16.7. The summed E-state index contributed by atoms with van der Waals surface area (Å²) in [4.78, 5) is 23.5. The lowest BCUT2D eigenvalue weighted by Crippen LogP contribution is -2.35. The maximum atomic E-state index is 12.0. The van der Waals surface area contributed by atoms with Gasteiger partial charge < -0.3 is 19.2 Å². The number of esters is 1. The smallest absolute Gasteiger partial charge is 0.338 e. The van der Waals surface area contributed by atoms with Crippen molar-refractivity contribution in [1.29, 1.82) is 0 Å². The Labute approximate surface area is 134 Å². The van der Waals surface area contributed by atoms with Gasteiger partial charge in [0.15, 0.2) is 6.10 Å². The third kappa shape index (κ3) is 4.88. The van der Waals surface area contributed by atoms with E-state index in [2.05, 4.69) is 5.32 Å². The van der Waals surface area contributed by atoms with Gasteiger partial charge in [0, 0.05) is 0 Å². The Morgan fingerprint density at radius 1 is 1.22 bits per heavy atom. The molecule has 0 unspecified atom stereocenters. The molecular weight excluding hydrogens is 298 g/mol. The minimum absolute atomic E-state index is 0.254. The van der Waals surface area contributed by atoms with Gasteiger partial charge in [-0.05, 0) is 50.2 Å². The average molecular weight is 317 g/mol. The summed E-state index contributed by atoms with van der Waals surface area (Å²) < 4.78 is 15.6. The fourth-order valence-electron chi connectivity index (χ4n) is 1.87. The van der Waals surface area contributed by atoms with Crippen LogP contribution >= 0.6 is 0 Å². The van der Waals surface area contributed by atoms with Gasteiger partial charge in [-0.2, -0.15) is 0 Å². The molecule has 1 atom stereocenters. The quantitative estimate of drug-likeness (QED) is 0.794. The SMILES string of the molecule is CCOC(=O)c1ccc(O[C@H](C)C(=O)NCc2ccco2)cc1. The van der Waals surface area contributed by atoms with Crippen LogP contribution in [-0.4, -0.2) is 24.6 Å². The summed E-state index contributed by atoms with van der Waals surface area (Å²) in [6, 6.07) is 9.99. The van der Waals surface area contributed by atoms with Crippen LogP contribution < -0.4 is 10.1 Å². The van der Waals surface area contributed by atoms with Gasteiger partial charge in [0.2, 0.25) is 0 Å². The molecule has 0 radical (unpaired) electrons. The molecule has 0 aliphatic carbocycles. The maximum absolute atomic E-state index is 12.0. The van der Waals surface area contributed by atoms with Crippen molar-refractivity contribution in [3.05, 3.63) is 54.0 Å². The number of hydrogen-bond donors (Lipinski definition) is 1. The number of carbonyl (C=O) groups is 2. The molecule has 0 bridgehead atoms. The first kappa shape index (κ1) is 16.6. The number of benzene rings is 1. The van der Waals surface area contributed by atoms with Crippen LogP contribution in [0.15, 0.2) is 47.1 Å². The zero-order valence-electron chi connectivity index (χ0n) is 13.1. The van der Waals surface area contributed by atoms with Crippen LogP contribution in [0.5, 0.6) is 5.75 Å². The molecule has 0 spiro atoms. The topological polar surface area (TPSA) is 77.8 Å². The Hall–Kier alpha value is -2.76. The molecule has 122 valence electrons. The summed E-state index contributed by atoms with van der Waals surface area (Å²) in [5.74, 6) is 0.530. The first-order chi connectivity index (χ1) is 11.1. The van der Waals surface area contributed by atoms with Gasteiger partial charge >= 0.3 is 5.97 Å². The maximum Gasteiger partial charge on any atom is 0.338 e. The first-order valence-corrected chi connectivity index (χ1v) is 7.34.